The molecule has 0 spiro atoms. The average Bonchev–Trinajstić information content (AvgIpc) is 3.36. The van der Waals surface area contributed by atoms with Gasteiger partial charge < -0.3 is 29.5 Å². The Morgan fingerprint density at radius 3 is 2.50 bits per heavy atom. The molecule has 2 fully saturated rings. The summed E-state index contributed by atoms with van der Waals surface area (Å²) in [5.74, 6) is -0.603. The van der Waals surface area contributed by atoms with E-state index in [1.54, 1.807) is 28.0 Å². The van der Waals surface area contributed by atoms with Crippen molar-refractivity contribution in [3.05, 3.63) is 23.8 Å². The van der Waals surface area contributed by atoms with E-state index in [1.165, 1.54) is 0 Å². The molecule has 9 heteroatoms. The van der Waals surface area contributed by atoms with Crippen LogP contribution >= 0.6 is 0 Å². The van der Waals surface area contributed by atoms with Gasteiger partial charge >= 0.3 is 5.97 Å². The van der Waals surface area contributed by atoms with Gasteiger partial charge in [0.1, 0.15) is 6.04 Å². The second-order valence-electron chi connectivity index (χ2n) is 7.39. The number of carboxylic acids is 1. The third kappa shape index (κ3) is 3.15. The van der Waals surface area contributed by atoms with Crippen LogP contribution < -0.4 is 9.47 Å². The summed E-state index contributed by atoms with van der Waals surface area (Å²) in [6.07, 6.45) is 1.25. The van der Waals surface area contributed by atoms with Gasteiger partial charge in [-0.05, 0) is 31.0 Å². The maximum atomic E-state index is 13.0. The highest BCUT2D eigenvalue weighted by atomic mass is 16.7. The highest BCUT2D eigenvalue weighted by Gasteiger charge is 2.43. The van der Waals surface area contributed by atoms with Crippen LogP contribution in [0.25, 0.3) is 0 Å². The normalized spacial score (nSPS) is 23.0. The third-order valence-corrected chi connectivity index (χ3v) is 5.72. The molecule has 0 aromatic heterocycles. The molecule has 1 unspecified atom stereocenters. The SMILES string of the molecule is O=C(C1CCCN1C(=O)c1ccc2c(c1)OCO2)N1CCC(O)(C(=O)O)CC1. The van der Waals surface area contributed by atoms with Gasteiger partial charge in [0.2, 0.25) is 12.7 Å². The van der Waals surface area contributed by atoms with Crippen molar-refractivity contribution in [1.29, 1.82) is 0 Å². The van der Waals surface area contributed by atoms with Gasteiger partial charge in [0.25, 0.3) is 5.91 Å². The van der Waals surface area contributed by atoms with Crippen LogP contribution in [0.3, 0.4) is 0 Å². The van der Waals surface area contributed by atoms with E-state index >= 15 is 0 Å². The number of carbonyl (C=O) groups excluding carboxylic acids is 2. The van der Waals surface area contributed by atoms with E-state index in [-0.39, 0.29) is 44.5 Å². The largest absolute Gasteiger partial charge is 0.479 e. The van der Waals surface area contributed by atoms with Gasteiger partial charge in [0.05, 0.1) is 0 Å². The Morgan fingerprint density at radius 1 is 1.07 bits per heavy atom. The molecule has 0 aliphatic carbocycles. The summed E-state index contributed by atoms with van der Waals surface area (Å²) in [5, 5.41) is 19.2. The Kier molecular flexibility index (Phi) is 4.62. The van der Waals surface area contributed by atoms with Crippen LogP contribution in [0.5, 0.6) is 11.5 Å². The van der Waals surface area contributed by atoms with E-state index < -0.39 is 17.6 Å². The number of piperidine rings is 1. The molecule has 0 bridgehead atoms. The number of amides is 2. The summed E-state index contributed by atoms with van der Waals surface area (Å²) in [6.45, 7) is 0.917. The molecule has 1 aromatic carbocycles. The molecule has 1 atom stereocenters. The smallest absolute Gasteiger partial charge is 0.335 e. The number of hydrogen-bond donors (Lipinski definition) is 2. The molecule has 3 heterocycles. The average molecular weight is 390 g/mol. The lowest BCUT2D eigenvalue weighted by molar-refractivity contribution is -0.165. The topological polar surface area (TPSA) is 117 Å². The minimum Gasteiger partial charge on any atom is -0.479 e. The minimum absolute atomic E-state index is 0.0170. The number of fused-ring (bicyclic) bond motifs is 1. The van der Waals surface area contributed by atoms with Crippen LogP contribution in [0.4, 0.5) is 0 Å². The van der Waals surface area contributed by atoms with Crippen LogP contribution in [0.2, 0.25) is 0 Å². The Balaban J connectivity index is 1.45. The molecule has 2 N–H and O–H groups in total. The van der Waals surface area contributed by atoms with Crippen molar-refractivity contribution in [3.8, 4) is 11.5 Å². The first kappa shape index (κ1) is 18.5. The summed E-state index contributed by atoms with van der Waals surface area (Å²) in [4.78, 5) is 40.2. The molecule has 1 aromatic rings. The van der Waals surface area contributed by atoms with Crippen LogP contribution in [0.15, 0.2) is 18.2 Å². The van der Waals surface area contributed by atoms with E-state index in [9.17, 15) is 19.5 Å². The van der Waals surface area contributed by atoms with E-state index in [4.69, 9.17) is 14.6 Å². The first-order valence-corrected chi connectivity index (χ1v) is 9.34. The summed E-state index contributed by atoms with van der Waals surface area (Å²) < 4.78 is 10.6. The van der Waals surface area contributed by atoms with Crippen LogP contribution in [-0.2, 0) is 9.59 Å². The number of carboxylic acid groups (broad SMARTS) is 1. The fourth-order valence-electron chi connectivity index (χ4n) is 3.98. The minimum atomic E-state index is -1.78. The monoisotopic (exact) mass is 390 g/mol. The zero-order chi connectivity index (χ0) is 19.9. The van der Waals surface area contributed by atoms with Crippen LogP contribution in [0, 0.1) is 0 Å². The van der Waals surface area contributed by atoms with Gasteiger partial charge in [-0.3, -0.25) is 9.59 Å². The summed E-state index contributed by atoms with van der Waals surface area (Å²) >= 11 is 0. The zero-order valence-electron chi connectivity index (χ0n) is 15.3. The van der Waals surface area contributed by atoms with E-state index in [0.29, 0.717) is 30.0 Å². The summed E-state index contributed by atoms with van der Waals surface area (Å²) in [7, 11) is 0. The first-order chi connectivity index (χ1) is 13.4. The fraction of sp³-hybridized carbons (Fsp3) is 0.526. The predicted molar refractivity (Wildman–Crippen MR) is 95.0 cm³/mol. The van der Waals surface area contributed by atoms with Gasteiger partial charge in [-0.1, -0.05) is 0 Å². The fourth-order valence-corrected chi connectivity index (χ4v) is 3.98. The first-order valence-electron chi connectivity index (χ1n) is 9.34. The second-order valence-corrected chi connectivity index (χ2v) is 7.39. The molecule has 4 rings (SSSR count). The molecule has 0 saturated carbocycles. The quantitative estimate of drug-likeness (QED) is 0.770. The molecule has 2 saturated heterocycles. The number of aliphatic carboxylic acids is 1. The van der Waals surface area contributed by atoms with Crippen LogP contribution in [0.1, 0.15) is 36.0 Å². The van der Waals surface area contributed by atoms with E-state index in [2.05, 4.69) is 0 Å². The van der Waals surface area contributed by atoms with Crippen molar-refractivity contribution in [2.45, 2.75) is 37.3 Å². The molecule has 2 amide bonds. The standard InChI is InChI=1S/C19H22N2O7/c22-16(12-3-4-14-15(10-12)28-11-27-14)21-7-1-2-13(21)17(23)20-8-5-19(26,6-9-20)18(24)25/h3-4,10,13,26H,1-2,5-9,11H2,(H,24,25). The third-order valence-electron chi connectivity index (χ3n) is 5.72. The van der Waals surface area contributed by atoms with Gasteiger partial charge in [-0.15, -0.1) is 0 Å². The van der Waals surface area contributed by atoms with Crippen LogP contribution in [-0.4, -0.2) is 75.9 Å². The molecule has 28 heavy (non-hydrogen) atoms. The Hall–Kier alpha value is -2.81. The molecular formula is C19H22N2O7. The number of nitrogens with zero attached hydrogens (tertiary/aromatic N) is 2. The zero-order valence-corrected chi connectivity index (χ0v) is 15.3. The highest BCUT2D eigenvalue weighted by Crippen LogP contribution is 2.34. The Bertz CT molecular complexity index is 817. The number of carbonyl (C=O) groups is 3. The Morgan fingerprint density at radius 2 is 1.79 bits per heavy atom. The lowest BCUT2D eigenvalue weighted by Gasteiger charge is -2.37. The lowest BCUT2D eigenvalue weighted by atomic mass is 9.91. The van der Waals surface area contributed by atoms with Crippen molar-refractivity contribution in [3.63, 3.8) is 0 Å². The highest BCUT2D eigenvalue weighted by molar-refractivity contribution is 5.98. The van der Waals surface area contributed by atoms with Crippen molar-refractivity contribution >= 4 is 17.8 Å². The van der Waals surface area contributed by atoms with Gasteiger partial charge in [-0.2, -0.15) is 0 Å². The molecule has 0 radical (unpaired) electrons. The van der Waals surface area contributed by atoms with Gasteiger partial charge in [0, 0.05) is 38.0 Å². The van der Waals surface area contributed by atoms with Gasteiger partial charge in [-0.25, -0.2) is 4.79 Å². The molecule has 150 valence electrons. The summed E-state index contributed by atoms with van der Waals surface area (Å²) in [6, 6.07) is 4.39. The predicted octanol–water partition coefficient (Wildman–Crippen LogP) is 0.458. The maximum absolute atomic E-state index is 13.0. The van der Waals surface area contributed by atoms with Gasteiger partial charge in [0.15, 0.2) is 17.1 Å². The maximum Gasteiger partial charge on any atom is 0.335 e. The van der Waals surface area contributed by atoms with E-state index in [0.717, 1.165) is 6.42 Å². The van der Waals surface area contributed by atoms with E-state index in [1.807, 2.05) is 0 Å². The molecule has 3 aliphatic rings. The van der Waals surface area contributed by atoms with Crippen molar-refractivity contribution < 1.29 is 34.1 Å². The number of aliphatic hydroxyl groups is 1. The second kappa shape index (κ2) is 6.97. The molecule has 9 nitrogen and oxygen atoms in total. The lowest BCUT2D eigenvalue weighted by Crippen LogP contribution is -2.55. The molecular weight excluding hydrogens is 368 g/mol. The number of benzene rings is 1. The van der Waals surface area contributed by atoms with Crippen molar-refractivity contribution in [1.82, 2.24) is 9.80 Å². The Labute approximate surface area is 161 Å². The van der Waals surface area contributed by atoms with Crippen molar-refractivity contribution in [2.75, 3.05) is 26.4 Å². The summed E-state index contributed by atoms with van der Waals surface area (Å²) in [5.41, 5.74) is -1.35. The number of hydrogen-bond acceptors (Lipinski definition) is 6. The molecule has 3 aliphatic heterocycles. The van der Waals surface area contributed by atoms with Crippen molar-refractivity contribution in [2.24, 2.45) is 0 Å². The number of ether oxygens (including phenoxy) is 2. The number of rotatable bonds is 3. The number of likely N-dealkylation sites (tertiary alicyclic amines) is 2.